The summed E-state index contributed by atoms with van der Waals surface area (Å²) >= 11 is 5.98. The number of carbonyl (C=O) groups excluding carboxylic acids is 1. The minimum Gasteiger partial charge on any atom is -0.339 e. The molecule has 0 aliphatic carbocycles. The molecule has 0 aromatic heterocycles. The number of fused-ring (bicyclic) bond motifs is 1. The molecule has 0 spiro atoms. The maximum Gasteiger partial charge on any atom is 0.229 e. The van der Waals surface area contributed by atoms with E-state index in [1.165, 1.54) is 6.07 Å². The largest absolute Gasteiger partial charge is 0.339 e. The smallest absolute Gasteiger partial charge is 0.229 e. The van der Waals surface area contributed by atoms with Gasteiger partial charge < -0.3 is 9.80 Å². The Balaban J connectivity index is 1.50. The Morgan fingerprint density at radius 1 is 0.788 bits per heavy atom. The summed E-state index contributed by atoms with van der Waals surface area (Å²) in [6.07, 6.45) is 0.414. The molecule has 5 heteroatoms. The first-order chi connectivity index (χ1) is 16.1. The molecule has 33 heavy (non-hydrogen) atoms. The predicted molar refractivity (Wildman–Crippen MR) is 133 cm³/mol. The third-order valence-corrected chi connectivity index (χ3v) is 6.19. The van der Waals surface area contributed by atoms with Gasteiger partial charge in [0, 0.05) is 18.7 Å². The van der Waals surface area contributed by atoms with E-state index in [0.29, 0.717) is 19.5 Å². The van der Waals surface area contributed by atoms with Crippen LogP contribution in [0.15, 0.2) is 97.1 Å². The molecule has 0 atom stereocenters. The number of nitrogens with zero attached hydrogens (tertiary/aromatic N) is 2. The quantitative estimate of drug-likeness (QED) is 0.323. The molecule has 0 saturated heterocycles. The summed E-state index contributed by atoms with van der Waals surface area (Å²) in [5.74, 6) is -0.359. The molecule has 3 nitrogen and oxygen atoms in total. The van der Waals surface area contributed by atoms with Crippen molar-refractivity contribution in [2.75, 3.05) is 16.3 Å². The molecule has 0 unspecified atom stereocenters. The van der Waals surface area contributed by atoms with Crippen molar-refractivity contribution < 1.29 is 9.18 Å². The molecule has 1 heterocycles. The molecule has 0 saturated carbocycles. The maximum absolute atomic E-state index is 13.6. The second-order valence-corrected chi connectivity index (χ2v) is 8.44. The zero-order valence-electron chi connectivity index (χ0n) is 17.9. The van der Waals surface area contributed by atoms with E-state index in [0.717, 1.165) is 33.8 Å². The highest BCUT2D eigenvalue weighted by atomic mass is 35.5. The van der Waals surface area contributed by atoms with Crippen LogP contribution in [0.1, 0.15) is 12.0 Å². The van der Waals surface area contributed by atoms with E-state index in [-0.39, 0.29) is 10.9 Å². The van der Waals surface area contributed by atoms with Crippen LogP contribution in [0.5, 0.6) is 0 Å². The summed E-state index contributed by atoms with van der Waals surface area (Å²) < 4.78 is 13.6. The zero-order chi connectivity index (χ0) is 22.8. The van der Waals surface area contributed by atoms with Crippen molar-refractivity contribution in [2.24, 2.45) is 0 Å². The first-order valence-corrected chi connectivity index (χ1v) is 11.2. The van der Waals surface area contributed by atoms with Crippen molar-refractivity contribution in [3.05, 3.63) is 113 Å². The van der Waals surface area contributed by atoms with E-state index < -0.39 is 5.82 Å². The van der Waals surface area contributed by atoms with Gasteiger partial charge in [-0.15, -0.1) is 0 Å². The van der Waals surface area contributed by atoms with Crippen LogP contribution >= 0.6 is 11.6 Å². The lowest BCUT2D eigenvalue weighted by Crippen LogP contribution is -2.29. The minimum atomic E-state index is -0.439. The van der Waals surface area contributed by atoms with Gasteiger partial charge in [-0.1, -0.05) is 66.2 Å². The van der Waals surface area contributed by atoms with Crippen LogP contribution < -0.4 is 9.80 Å². The zero-order valence-corrected chi connectivity index (χ0v) is 18.7. The van der Waals surface area contributed by atoms with Gasteiger partial charge >= 0.3 is 0 Å². The highest BCUT2D eigenvalue weighted by molar-refractivity contribution is 6.31. The summed E-state index contributed by atoms with van der Waals surface area (Å²) in [7, 11) is 0. The van der Waals surface area contributed by atoms with Crippen molar-refractivity contribution in [2.45, 2.75) is 13.0 Å². The second-order valence-electron chi connectivity index (χ2n) is 8.04. The van der Waals surface area contributed by atoms with Crippen LogP contribution in [-0.4, -0.2) is 12.5 Å². The van der Waals surface area contributed by atoms with Crippen LogP contribution in [0.25, 0.3) is 11.1 Å². The van der Waals surface area contributed by atoms with Crippen molar-refractivity contribution in [3.63, 3.8) is 0 Å². The van der Waals surface area contributed by atoms with Gasteiger partial charge in [0.25, 0.3) is 0 Å². The summed E-state index contributed by atoms with van der Waals surface area (Å²) in [6, 6.07) is 30.8. The number of benzene rings is 4. The van der Waals surface area contributed by atoms with E-state index >= 15 is 0 Å². The lowest BCUT2D eigenvalue weighted by atomic mass is 10.0. The van der Waals surface area contributed by atoms with E-state index in [9.17, 15) is 9.18 Å². The number of para-hydroxylation sites is 3. The Bertz CT molecular complexity index is 1310. The molecule has 0 fully saturated rings. The van der Waals surface area contributed by atoms with Gasteiger partial charge in [0.2, 0.25) is 5.91 Å². The van der Waals surface area contributed by atoms with Gasteiger partial charge in [-0.05, 0) is 59.2 Å². The highest BCUT2D eigenvalue weighted by Gasteiger charge is 2.26. The van der Waals surface area contributed by atoms with Crippen molar-refractivity contribution in [3.8, 4) is 11.1 Å². The van der Waals surface area contributed by atoms with Crippen molar-refractivity contribution >= 4 is 34.6 Å². The average Bonchev–Trinajstić information content (AvgIpc) is 2.98. The Labute approximate surface area is 197 Å². The monoisotopic (exact) mass is 456 g/mol. The number of anilines is 3. The third-order valence-electron chi connectivity index (χ3n) is 5.90. The van der Waals surface area contributed by atoms with Crippen LogP contribution in [0.3, 0.4) is 0 Å². The normalized spacial score (nSPS) is 13.6. The average molecular weight is 457 g/mol. The summed E-state index contributed by atoms with van der Waals surface area (Å²) in [6.45, 7) is 1.06. The van der Waals surface area contributed by atoms with Gasteiger partial charge in [-0.2, -0.15) is 0 Å². The fourth-order valence-electron chi connectivity index (χ4n) is 4.27. The lowest BCUT2D eigenvalue weighted by molar-refractivity contribution is -0.118. The van der Waals surface area contributed by atoms with Crippen LogP contribution in [0.2, 0.25) is 5.02 Å². The first kappa shape index (κ1) is 21.2. The summed E-state index contributed by atoms with van der Waals surface area (Å²) in [5.41, 5.74) is 5.71. The Kier molecular flexibility index (Phi) is 5.84. The molecule has 0 N–H and O–H groups in total. The number of halogens is 2. The van der Waals surface area contributed by atoms with E-state index in [1.807, 2.05) is 65.6 Å². The van der Waals surface area contributed by atoms with Gasteiger partial charge in [-0.3, -0.25) is 4.79 Å². The Hall–Kier alpha value is -3.63. The van der Waals surface area contributed by atoms with Gasteiger partial charge in [0.1, 0.15) is 5.82 Å². The fraction of sp³-hybridized carbons (Fsp3) is 0.107. The molecule has 4 aromatic rings. The Morgan fingerprint density at radius 3 is 2.30 bits per heavy atom. The van der Waals surface area contributed by atoms with Crippen molar-refractivity contribution in [1.29, 1.82) is 0 Å². The predicted octanol–water partition coefficient (Wildman–Crippen LogP) is 7.22. The van der Waals surface area contributed by atoms with E-state index in [4.69, 9.17) is 11.6 Å². The molecule has 0 bridgehead atoms. The molecule has 4 aromatic carbocycles. The number of hydrogen-bond acceptors (Lipinski definition) is 2. The third kappa shape index (κ3) is 4.35. The lowest BCUT2D eigenvalue weighted by Gasteiger charge is -2.27. The Morgan fingerprint density at radius 2 is 1.52 bits per heavy atom. The molecular weight excluding hydrogens is 435 g/mol. The SMILES string of the molecule is O=C1CCN(c2ccccc2)c2ccccc2N1Cc1cccc(-c2ccc(F)c(Cl)c2)c1. The summed E-state index contributed by atoms with van der Waals surface area (Å²) in [4.78, 5) is 17.3. The van der Waals surface area contributed by atoms with E-state index in [1.54, 1.807) is 12.1 Å². The molecule has 5 rings (SSSR count). The number of carbonyl (C=O) groups is 1. The summed E-state index contributed by atoms with van der Waals surface area (Å²) in [5, 5.41) is 0.0931. The van der Waals surface area contributed by atoms with Crippen LogP contribution in [-0.2, 0) is 11.3 Å². The topological polar surface area (TPSA) is 23.6 Å². The molecule has 164 valence electrons. The molecule has 0 radical (unpaired) electrons. The number of amides is 1. The van der Waals surface area contributed by atoms with E-state index in [2.05, 4.69) is 23.1 Å². The van der Waals surface area contributed by atoms with Gasteiger partial charge in [0.05, 0.1) is 22.9 Å². The van der Waals surface area contributed by atoms with Crippen LogP contribution in [0, 0.1) is 5.82 Å². The maximum atomic E-state index is 13.6. The van der Waals surface area contributed by atoms with Crippen molar-refractivity contribution in [1.82, 2.24) is 0 Å². The molecule has 1 aliphatic rings. The minimum absolute atomic E-state index is 0.0797. The standard InChI is InChI=1S/C28H22ClFN2O/c29-24-18-22(13-14-25(24)30)21-8-6-7-20(17-21)19-32-27-12-5-4-11-26(27)31(16-15-28(32)33)23-9-2-1-3-10-23/h1-14,17-18H,15-16,19H2. The van der Waals surface area contributed by atoms with Crippen LogP contribution in [0.4, 0.5) is 21.5 Å². The second kappa shape index (κ2) is 9.08. The van der Waals surface area contributed by atoms with Gasteiger partial charge in [0.15, 0.2) is 0 Å². The van der Waals surface area contributed by atoms with Gasteiger partial charge in [-0.25, -0.2) is 4.39 Å². The molecule has 1 amide bonds. The fourth-order valence-corrected chi connectivity index (χ4v) is 4.46. The number of rotatable bonds is 4. The molecule has 1 aliphatic heterocycles. The molecular formula is C28H22ClFN2O. The first-order valence-electron chi connectivity index (χ1n) is 10.9. The number of hydrogen-bond donors (Lipinski definition) is 0. The highest BCUT2D eigenvalue weighted by Crippen LogP contribution is 2.38.